The summed E-state index contributed by atoms with van der Waals surface area (Å²) in [6, 6.07) is 17.1. The van der Waals surface area contributed by atoms with Gasteiger partial charge in [-0.1, -0.05) is 54.5 Å². The van der Waals surface area contributed by atoms with E-state index in [1.807, 2.05) is 73.6 Å². The normalized spacial score (nSPS) is 14.6. The number of aromatic nitrogens is 2. The Kier molecular flexibility index (Phi) is 7.34. The number of anilines is 2. The van der Waals surface area contributed by atoms with Gasteiger partial charge in [-0.2, -0.15) is 0 Å². The van der Waals surface area contributed by atoms with E-state index in [0.717, 1.165) is 47.5 Å². The molecule has 0 spiro atoms. The fourth-order valence-electron chi connectivity index (χ4n) is 4.02. The summed E-state index contributed by atoms with van der Waals surface area (Å²) in [6.07, 6.45) is 4.33. The maximum atomic E-state index is 13.1. The fourth-order valence-corrected chi connectivity index (χ4v) is 4.77. The Morgan fingerprint density at radius 2 is 1.73 bits per heavy atom. The van der Waals surface area contributed by atoms with Gasteiger partial charge in [0.2, 0.25) is 16.9 Å². The van der Waals surface area contributed by atoms with Crippen LogP contribution in [-0.2, 0) is 16.0 Å². The molecule has 4 rings (SSSR count). The Morgan fingerprint density at radius 1 is 1.03 bits per heavy atom. The molecule has 1 aromatic heterocycles. The number of amides is 2. The average Bonchev–Trinajstić information content (AvgIpc) is 3.52. The number of rotatable bonds is 8. The summed E-state index contributed by atoms with van der Waals surface area (Å²) in [4.78, 5) is 27.9. The number of carbonyl (C=O) groups excluding carboxylic acids is 2. The van der Waals surface area contributed by atoms with Crippen molar-refractivity contribution in [2.24, 2.45) is 5.92 Å². The molecule has 0 saturated heterocycles. The van der Waals surface area contributed by atoms with Crippen LogP contribution in [0.4, 0.5) is 10.8 Å². The van der Waals surface area contributed by atoms with E-state index in [0.29, 0.717) is 11.6 Å². The van der Waals surface area contributed by atoms with Crippen LogP contribution < -0.4 is 15.5 Å². The van der Waals surface area contributed by atoms with E-state index in [9.17, 15) is 9.59 Å². The highest BCUT2D eigenvalue weighted by Gasteiger charge is 2.28. The maximum absolute atomic E-state index is 13.1. The zero-order chi connectivity index (χ0) is 23.2. The van der Waals surface area contributed by atoms with Crippen LogP contribution in [-0.4, -0.2) is 42.1 Å². The van der Waals surface area contributed by atoms with Crippen molar-refractivity contribution in [3.63, 3.8) is 0 Å². The van der Waals surface area contributed by atoms with E-state index in [4.69, 9.17) is 0 Å². The van der Waals surface area contributed by atoms with Crippen LogP contribution in [0, 0.1) is 5.92 Å². The minimum atomic E-state index is -0.674. The number of nitrogens with zero attached hydrogens (tertiary/aromatic N) is 3. The molecule has 1 aliphatic carbocycles. The molecule has 1 aliphatic rings. The first-order chi connectivity index (χ1) is 16.0. The molecule has 1 heterocycles. The minimum absolute atomic E-state index is 0.00524. The van der Waals surface area contributed by atoms with Crippen molar-refractivity contribution in [1.82, 2.24) is 15.5 Å². The highest BCUT2D eigenvalue weighted by Crippen LogP contribution is 2.28. The summed E-state index contributed by atoms with van der Waals surface area (Å²) in [5, 5.41) is 15.4. The Balaban J connectivity index is 1.46. The first-order valence-corrected chi connectivity index (χ1v) is 12.1. The van der Waals surface area contributed by atoms with Gasteiger partial charge in [-0.05, 0) is 42.7 Å². The van der Waals surface area contributed by atoms with Crippen LogP contribution >= 0.6 is 11.3 Å². The topological polar surface area (TPSA) is 87.2 Å². The minimum Gasteiger partial charge on any atom is -0.378 e. The van der Waals surface area contributed by atoms with Gasteiger partial charge < -0.3 is 10.2 Å². The Hall–Kier alpha value is -3.26. The quantitative estimate of drug-likeness (QED) is 0.525. The Morgan fingerprint density at radius 3 is 2.39 bits per heavy atom. The van der Waals surface area contributed by atoms with Gasteiger partial charge in [0.1, 0.15) is 11.0 Å². The fraction of sp³-hybridized carbons (Fsp3) is 0.360. The summed E-state index contributed by atoms with van der Waals surface area (Å²) in [6.45, 7) is 0. The van der Waals surface area contributed by atoms with E-state index in [-0.39, 0.29) is 17.7 Å². The van der Waals surface area contributed by atoms with Crippen molar-refractivity contribution < 1.29 is 9.59 Å². The van der Waals surface area contributed by atoms with Crippen molar-refractivity contribution in [3.8, 4) is 10.6 Å². The van der Waals surface area contributed by atoms with Crippen molar-refractivity contribution in [2.75, 3.05) is 24.3 Å². The van der Waals surface area contributed by atoms with Gasteiger partial charge in [-0.25, -0.2) is 0 Å². The largest absolute Gasteiger partial charge is 0.378 e. The lowest BCUT2D eigenvalue weighted by atomic mass is 10.0. The lowest BCUT2D eigenvalue weighted by molar-refractivity contribution is -0.129. The van der Waals surface area contributed by atoms with Crippen LogP contribution in [0.25, 0.3) is 10.6 Å². The third kappa shape index (κ3) is 5.96. The highest BCUT2D eigenvalue weighted by molar-refractivity contribution is 7.18. The molecule has 2 amide bonds. The van der Waals surface area contributed by atoms with Gasteiger partial charge in [0, 0.05) is 37.7 Å². The van der Waals surface area contributed by atoms with Crippen molar-refractivity contribution >= 4 is 34.0 Å². The van der Waals surface area contributed by atoms with Crippen molar-refractivity contribution in [1.29, 1.82) is 0 Å². The zero-order valence-corrected chi connectivity index (χ0v) is 19.8. The molecule has 0 aliphatic heterocycles. The van der Waals surface area contributed by atoms with E-state index in [1.54, 1.807) is 0 Å². The lowest BCUT2D eigenvalue weighted by Crippen LogP contribution is -2.47. The zero-order valence-electron chi connectivity index (χ0n) is 19.0. The third-order valence-electron chi connectivity index (χ3n) is 5.93. The van der Waals surface area contributed by atoms with Crippen molar-refractivity contribution in [2.45, 2.75) is 38.1 Å². The summed E-state index contributed by atoms with van der Waals surface area (Å²) < 4.78 is 0. The molecule has 0 radical (unpaired) electrons. The van der Waals surface area contributed by atoms with E-state index < -0.39 is 6.04 Å². The smallest absolute Gasteiger partial charge is 0.249 e. The molecular formula is C25H29N5O2S. The van der Waals surface area contributed by atoms with Gasteiger partial charge in [0.05, 0.1) is 0 Å². The standard InChI is InChI=1S/C25H29N5O2S/c1-30(2)20-14-12-19(13-15-20)24-28-29-25(33-24)27-23(32)21(16-17-8-4-3-5-9-17)26-22(31)18-10-6-7-11-18/h3-5,8-9,12-15,18,21H,6-7,10-11,16H2,1-2H3,(H,26,31)(H,27,29,32). The maximum Gasteiger partial charge on any atom is 0.249 e. The van der Waals surface area contributed by atoms with Gasteiger partial charge in [-0.3, -0.25) is 14.9 Å². The monoisotopic (exact) mass is 463 g/mol. The lowest BCUT2D eigenvalue weighted by Gasteiger charge is -2.20. The number of carbonyl (C=O) groups is 2. The van der Waals surface area contributed by atoms with Gasteiger partial charge in [-0.15, -0.1) is 10.2 Å². The summed E-state index contributed by atoms with van der Waals surface area (Å²) in [5.41, 5.74) is 3.02. The third-order valence-corrected chi connectivity index (χ3v) is 6.82. The Bertz CT molecular complexity index is 1080. The molecule has 2 N–H and O–H groups in total. The molecule has 172 valence electrons. The molecule has 33 heavy (non-hydrogen) atoms. The Labute approximate surface area is 198 Å². The number of benzene rings is 2. The number of hydrogen-bond donors (Lipinski definition) is 2. The van der Waals surface area contributed by atoms with Crippen LogP contribution in [0.5, 0.6) is 0 Å². The van der Waals surface area contributed by atoms with Gasteiger partial charge in [0.15, 0.2) is 0 Å². The molecule has 1 saturated carbocycles. The van der Waals surface area contributed by atoms with E-state index >= 15 is 0 Å². The average molecular weight is 464 g/mol. The highest BCUT2D eigenvalue weighted by atomic mass is 32.1. The molecule has 3 aromatic rings. The summed E-state index contributed by atoms with van der Waals surface area (Å²) in [7, 11) is 3.98. The van der Waals surface area contributed by atoms with E-state index in [2.05, 4.69) is 20.8 Å². The van der Waals surface area contributed by atoms with Gasteiger partial charge >= 0.3 is 0 Å². The molecule has 0 bridgehead atoms. The molecule has 1 unspecified atom stereocenters. The molecule has 1 fully saturated rings. The predicted molar refractivity (Wildman–Crippen MR) is 132 cm³/mol. The first kappa shape index (κ1) is 22.9. The number of nitrogens with one attached hydrogen (secondary N) is 2. The van der Waals surface area contributed by atoms with Crippen molar-refractivity contribution in [3.05, 3.63) is 60.2 Å². The number of hydrogen-bond acceptors (Lipinski definition) is 6. The van der Waals surface area contributed by atoms with Crippen LogP contribution in [0.3, 0.4) is 0 Å². The second-order valence-electron chi connectivity index (χ2n) is 8.58. The first-order valence-electron chi connectivity index (χ1n) is 11.3. The van der Waals surface area contributed by atoms with Gasteiger partial charge in [0.25, 0.3) is 0 Å². The predicted octanol–water partition coefficient (Wildman–Crippen LogP) is 4.13. The van der Waals surface area contributed by atoms with Crippen LogP contribution in [0.15, 0.2) is 54.6 Å². The molecule has 1 atom stereocenters. The second kappa shape index (κ2) is 10.6. The second-order valence-corrected chi connectivity index (χ2v) is 9.55. The van der Waals surface area contributed by atoms with Crippen LogP contribution in [0.1, 0.15) is 31.2 Å². The molecule has 2 aromatic carbocycles. The molecule has 7 nitrogen and oxygen atoms in total. The summed E-state index contributed by atoms with van der Waals surface area (Å²) in [5.74, 6) is -0.326. The van der Waals surface area contributed by atoms with E-state index in [1.165, 1.54) is 11.3 Å². The van der Waals surface area contributed by atoms with Crippen LogP contribution in [0.2, 0.25) is 0 Å². The SMILES string of the molecule is CN(C)c1ccc(-c2nnc(NC(=O)C(Cc3ccccc3)NC(=O)C3CCCC3)s2)cc1. The summed E-state index contributed by atoms with van der Waals surface area (Å²) >= 11 is 1.32. The molecule has 8 heteroatoms. The molecular weight excluding hydrogens is 434 g/mol.